The van der Waals surface area contributed by atoms with Crippen LogP contribution in [-0.4, -0.2) is 55.9 Å². The summed E-state index contributed by atoms with van der Waals surface area (Å²) in [7, 11) is 1.34. The molecule has 0 spiro atoms. The number of nitrogens with zero attached hydrogens (tertiary/aromatic N) is 1. The van der Waals surface area contributed by atoms with E-state index in [2.05, 4.69) is 21.2 Å². The molecule has 1 saturated heterocycles. The summed E-state index contributed by atoms with van der Waals surface area (Å²) < 4.78 is 20.0. The number of ether oxygens (including phenoxy) is 1. The Morgan fingerprint density at radius 1 is 1.36 bits per heavy atom. The maximum Gasteiger partial charge on any atom is 0.335 e. The minimum atomic E-state index is -0.928. The van der Waals surface area contributed by atoms with E-state index in [0.717, 1.165) is 25.8 Å². The molecule has 0 aromatic rings. The first-order valence-corrected chi connectivity index (χ1v) is 9.81. The number of piperidine rings is 1. The number of halogens is 2. The van der Waals surface area contributed by atoms with Crippen molar-refractivity contribution in [2.75, 3.05) is 26.7 Å². The predicted molar refractivity (Wildman–Crippen MR) is 101 cm³/mol. The summed E-state index contributed by atoms with van der Waals surface area (Å²) in [5, 5.41) is 3.52. The third-order valence-electron chi connectivity index (χ3n) is 4.99. The van der Waals surface area contributed by atoms with Crippen molar-refractivity contribution in [3.05, 3.63) is 22.3 Å². The van der Waals surface area contributed by atoms with Crippen molar-refractivity contribution in [2.45, 2.75) is 56.8 Å². The molecule has 5 nitrogen and oxygen atoms in total. The van der Waals surface area contributed by atoms with Crippen molar-refractivity contribution >= 4 is 21.9 Å². The smallest absolute Gasteiger partial charge is 0.335 e. The molecule has 0 bridgehead atoms. The lowest BCUT2D eigenvalue weighted by Crippen LogP contribution is -2.54. The summed E-state index contributed by atoms with van der Waals surface area (Å²) in [6.45, 7) is 1.43. The van der Waals surface area contributed by atoms with Gasteiger partial charge in [-0.3, -0.25) is 4.90 Å². The van der Waals surface area contributed by atoms with Crippen LogP contribution in [-0.2, 0) is 9.53 Å². The van der Waals surface area contributed by atoms with Crippen LogP contribution in [0.2, 0.25) is 0 Å². The zero-order chi connectivity index (χ0) is 18.2. The summed E-state index contributed by atoms with van der Waals surface area (Å²) >= 11 is 3.27. The van der Waals surface area contributed by atoms with Gasteiger partial charge in [0.1, 0.15) is 6.17 Å². The van der Waals surface area contributed by atoms with Gasteiger partial charge in [0.05, 0.1) is 12.7 Å². The lowest BCUT2D eigenvalue weighted by atomic mass is 9.93. The molecule has 0 radical (unpaired) electrons. The number of methoxy groups -OCH3 is 1. The summed E-state index contributed by atoms with van der Waals surface area (Å²) in [5.74, 6) is -0.420. The molecule has 2 aliphatic rings. The number of nitrogens with two attached hydrogens (primary N) is 1. The maximum absolute atomic E-state index is 14.6. The van der Waals surface area contributed by atoms with Gasteiger partial charge in [0.25, 0.3) is 0 Å². The van der Waals surface area contributed by atoms with E-state index in [0.29, 0.717) is 29.2 Å². The van der Waals surface area contributed by atoms with Gasteiger partial charge >= 0.3 is 5.97 Å². The van der Waals surface area contributed by atoms with Gasteiger partial charge in [-0.1, -0.05) is 19.3 Å². The van der Waals surface area contributed by atoms with Gasteiger partial charge in [0.2, 0.25) is 0 Å². The number of esters is 1. The van der Waals surface area contributed by atoms with E-state index < -0.39 is 12.1 Å². The Kier molecular flexibility index (Phi) is 8.39. The van der Waals surface area contributed by atoms with Crippen molar-refractivity contribution in [2.24, 2.45) is 5.73 Å². The monoisotopic (exact) mass is 417 g/mol. The first-order valence-electron chi connectivity index (χ1n) is 9.02. The Labute approximate surface area is 158 Å². The summed E-state index contributed by atoms with van der Waals surface area (Å²) in [5.41, 5.74) is 5.90. The van der Waals surface area contributed by atoms with E-state index in [1.54, 1.807) is 6.08 Å². The number of carbonyl (C=O) groups is 1. The number of nitrogens with one attached hydrogen (secondary N) is 1. The number of hydrogen-bond acceptors (Lipinski definition) is 5. The van der Waals surface area contributed by atoms with Gasteiger partial charge in [-0.15, -0.1) is 0 Å². The zero-order valence-corrected chi connectivity index (χ0v) is 16.4. The number of rotatable bonds is 6. The Balaban J connectivity index is 1.89. The molecular weight excluding hydrogens is 389 g/mol. The second-order valence-corrected chi connectivity index (χ2v) is 7.78. The van der Waals surface area contributed by atoms with Gasteiger partial charge in [0, 0.05) is 42.4 Å². The van der Waals surface area contributed by atoms with E-state index >= 15 is 0 Å². The highest BCUT2D eigenvalue weighted by Crippen LogP contribution is 2.22. The molecule has 1 saturated carbocycles. The average molecular weight is 418 g/mol. The molecule has 0 aromatic carbocycles. The van der Waals surface area contributed by atoms with Crippen molar-refractivity contribution in [3.63, 3.8) is 0 Å². The average Bonchev–Trinajstić information content (AvgIpc) is 2.63. The molecule has 0 amide bonds. The molecular formula is C18H29BrFN3O2. The molecule has 25 heavy (non-hydrogen) atoms. The van der Waals surface area contributed by atoms with Gasteiger partial charge in [-0.2, -0.15) is 0 Å². The highest BCUT2D eigenvalue weighted by molar-refractivity contribution is 9.11. The highest BCUT2D eigenvalue weighted by Gasteiger charge is 2.31. The van der Waals surface area contributed by atoms with E-state index in [4.69, 9.17) is 10.5 Å². The first-order chi connectivity index (χ1) is 12.0. The van der Waals surface area contributed by atoms with E-state index in [9.17, 15) is 9.18 Å². The third-order valence-corrected chi connectivity index (χ3v) is 5.49. The van der Waals surface area contributed by atoms with Crippen molar-refractivity contribution in [1.29, 1.82) is 0 Å². The molecule has 2 fully saturated rings. The topological polar surface area (TPSA) is 67.6 Å². The number of carbonyl (C=O) groups excluding carboxylic acids is 1. The third kappa shape index (κ3) is 6.38. The van der Waals surface area contributed by atoms with Crippen molar-refractivity contribution < 1.29 is 13.9 Å². The maximum atomic E-state index is 14.6. The van der Waals surface area contributed by atoms with Crippen LogP contribution < -0.4 is 11.1 Å². The molecule has 7 heteroatoms. The fourth-order valence-corrected chi connectivity index (χ4v) is 3.90. The number of allylic oxidation sites excluding steroid dienone is 2. The van der Waals surface area contributed by atoms with Crippen molar-refractivity contribution in [1.82, 2.24) is 10.2 Å². The Morgan fingerprint density at radius 2 is 2.08 bits per heavy atom. The molecule has 2 rings (SSSR count). The molecule has 142 valence electrons. The Hall–Kier alpha value is -0.920. The Bertz CT molecular complexity index is 507. The van der Waals surface area contributed by atoms with E-state index in [1.165, 1.54) is 32.6 Å². The predicted octanol–water partition coefficient (Wildman–Crippen LogP) is 2.62. The SMILES string of the molecule is COC(=O)/C(=C/C(Br)=C\N)CN1CCC(NC2CCCCC2)C(F)C1. The standard InChI is InChI=1S/C18H29BrFN3O2/c1-25-18(24)13(9-14(19)10-21)11-23-8-7-17(16(20)12-23)22-15-5-3-2-4-6-15/h9-10,15-17,22H,2-8,11-12,21H2,1H3/b13-9+,14-10+. The largest absolute Gasteiger partial charge is 0.466 e. The van der Waals surface area contributed by atoms with E-state index in [1.807, 2.05) is 4.90 Å². The van der Waals surface area contributed by atoms with Crippen LogP contribution in [0.5, 0.6) is 0 Å². The molecule has 1 heterocycles. The number of alkyl halides is 1. The van der Waals surface area contributed by atoms with Crippen LogP contribution in [0.1, 0.15) is 38.5 Å². The lowest BCUT2D eigenvalue weighted by molar-refractivity contribution is -0.136. The molecule has 1 aliphatic carbocycles. The second kappa shape index (κ2) is 10.3. The van der Waals surface area contributed by atoms with Gasteiger partial charge < -0.3 is 15.8 Å². The lowest BCUT2D eigenvalue weighted by Gasteiger charge is -2.38. The molecule has 2 unspecified atom stereocenters. The first kappa shape index (κ1) is 20.4. The molecule has 2 atom stereocenters. The van der Waals surface area contributed by atoms with Gasteiger partial charge in [0.15, 0.2) is 0 Å². The van der Waals surface area contributed by atoms with Crippen LogP contribution >= 0.6 is 15.9 Å². The van der Waals surface area contributed by atoms with Crippen LogP contribution in [0.25, 0.3) is 0 Å². The van der Waals surface area contributed by atoms with Gasteiger partial charge in [-0.25, -0.2) is 9.18 Å². The fourth-order valence-electron chi connectivity index (χ4n) is 3.63. The summed E-state index contributed by atoms with van der Waals surface area (Å²) in [6, 6.07) is 0.375. The van der Waals surface area contributed by atoms with Crippen LogP contribution in [0.3, 0.4) is 0 Å². The Morgan fingerprint density at radius 3 is 2.68 bits per heavy atom. The van der Waals surface area contributed by atoms with Crippen molar-refractivity contribution in [3.8, 4) is 0 Å². The minimum absolute atomic E-state index is 0.0828. The zero-order valence-electron chi connectivity index (χ0n) is 14.8. The quantitative estimate of drug-likeness (QED) is 0.394. The second-order valence-electron chi connectivity index (χ2n) is 6.86. The molecule has 1 aliphatic heterocycles. The number of hydrogen-bond donors (Lipinski definition) is 2. The minimum Gasteiger partial charge on any atom is -0.466 e. The number of likely N-dealkylation sites (tertiary alicyclic amines) is 1. The van der Waals surface area contributed by atoms with Gasteiger partial charge in [-0.05, 0) is 41.3 Å². The van der Waals surface area contributed by atoms with Crippen LogP contribution in [0.15, 0.2) is 22.3 Å². The van der Waals surface area contributed by atoms with E-state index in [-0.39, 0.29) is 6.04 Å². The van der Waals surface area contributed by atoms with Crippen LogP contribution in [0, 0.1) is 0 Å². The fraction of sp³-hybridized carbons (Fsp3) is 0.722. The molecule has 0 aromatic heterocycles. The highest BCUT2D eigenvalue weighted by atomic mass is 79.9. The summed E-state index contributed by atoms with van der Waals surface area (Å²) in [6.07, 6.45) is 8.90. The normalized spacial score (nSPS) is 27.3. The van der Waals surface area contributed by atoms with Crippen LogP contribution in [0.4, 0.5) is 4.39 Å². The summed E-state index contributed by atoms with van der Waals surface area (Å²) in [4.78, 5) is 13.9. The molecule has 3 N–H and O–H groups in total.